The molecule has 160 valence electrons. The van der Waals surface area contributed by atoms with Crippen molar-refractivity contribution in [2.24, 2.45) is 4.99 Å². The summed E-state index contributed by atoms with van der Waals surface area (Å²) in [4.78, 5) is 11.8. The lowest BCUT2D eigenvalue weighted by Gasteiger charge is -2.12. The molecule has 3 aromatic carbocycles. The molecule has 0 N–H and O–H groups in total. The maximum absolute atomic E-state index is 5.62. The van der Waals surface area contributed by atoms with Gasteiger partial charge in [-0.2, -0.15) is 0 Å². The molecule has 0 saturated carbocycles. The van der Waals surface area contributed by atoms with E-state index in [0.29, 0.717) is 5.95 Å². The van der Waals surface area contributed by atoms with Crippen LogP contribution in [0.1, 0.15) is 12.0 Å². The number of para-hydroxylation sites is 2. The van der Waals surface area contributed by atoms with Crippen molar-refractivity contribution in [2.45, 2.75) is 13.0 Å². The molecule has 0 radical (unpaired) electrons. The van der Waals surface area contributed by atoms with Gasteiger partial charge in [0, 0.05) is 29.1 Å². The van der Waals surface area contributed by atoms with Gasteiger partial charge in [0.2, 0.25) is 5.95 Å². The average Bonchev–Trinajstić information content (AvgIpc) is 3.14. The standard InChI is InChI=1S/C25H28N4O2/c1-28(2)15-8-16-29-21-11-6-5-10-20(21)27-25(29)26-17-18-13-14-22(30-3)19-9-7-12-23(31-4)24(18)19/h5-7,9-14,17H,8,15-16H2,1-4H3. The van der Waals surface area contributed by atoms with Crippen LogP contribution in [0.3, 0.4) is 0 Å². The number of imidazole rings is 1. The quantitative estimate of drug-likeness (QED) is 0.383. The Morgan fingerprint density at radius 2 is 1.77 bits per heavy atom. The van der Waals surface area contributed by atoms with E-state index in [1.165, 1.54) is 0 Å². The second-order valence-electron chi connectivity index (χ2n) is 7.71. The molecule has 0 spiro atoms. The Morgan fingerprint density at radius 1 is 0.968 bits per heavy atom. The smallest absolute Gasteiger partial charge is 0.230 e. The lowest BCUT2D eigenvalue weighted by molar-refractivity contribution is 0.388. The van der Waals surface area contributed by atoms with Crippen LogP contribution in [0.15, 0.2) is 59.6 Å². The molecule has 0 fully saturated rings. The van der Waals surface area contributed by atoms with E-state index >= 15 is 0 Å². The third kappa shape index (κ3) is 4.25. The predicted molar refractivity (Wildman–Crippen MR) is 127 cm³/mol. The largest absolute Gasteiger partial charge is 0.496 e. The van der Waals surface area contributed by atoms with Gasteiger partial charge in [0.1, 0.15) is 11.5 Å². The van der Waals surface area contributed by atoms with Crippen molar-refractivity contribution >= 4 is 34.0 Å². The SMILES string of the molecule is COc1ccc(C=Nc2nc3ccccc3n2CCCN(C)C)c2c(OC)cccc12. The summed E-state index contributed by atoms with van der Waals surface area (Å²) in [6, 6.07) is 18.1. The summed E-state index contributed by atoms with van der Waals surface area (Å²) >= 11 is 0. The average molecular weight is 417 g/mol. The Balaban J connectivity index is 1.78. The summed E-state index contributed by atoms with van der Waals surface area (Å²) in [6.07, 6.45) is 2.89. The first-order valence-corrected chi connectivity index (χ1v) is 10.4. The van der Waals surface area contributed by atoms with E-state index in [1.54, 1.807) is 14.2 Å². The van der Waals surface area contributed by atoms with E-state index in [0.717, 1.165) is 58.4 Å². The molecule has 1 aromatic heterocycles. The first-order valence-electron chi connectivity index (χ1n) is 10.4. The summed E-state index contributed by atoms with van der Waals surface area (Å²) in [5.41, 5.74) is 3.02. The van der Waals surface area contributed by atoms with Gasteiger partial charge < -0.3 is 18.9 Å². The Hall–Kier alpha value is -3.38. The fourth-order valence-electron chi connectivity index (χ4n) is 3.88. The van der Waals surface area contributed by atoms with Gasteiger partial charge in [-0.1, -0.05) is 24.3 Å². The van der Waals surface area contributed by atoms with Crippen LogP contribution in [0, 0.1) is 0 Å². The van der Waals surface area contributed by atoms with Gasteiger partial charge in [0.05, 0.1) is 25.3 Å². The molecule has 4 aromatic rings. The van der Waals surface area contributed by atoms with Crippen LogP contribution in [0.5, 0.6) is 11.5 Å². The van der Waals surface area contributed by atoms with Crippen LogP contribution in [-0.4, -0.2) is 55.5 Å². The molecule has 0 amide bonds. The van der Waals surface area contributed by atoms with Gasteiger partial charge in [-0.15, -0.1) is 0 Å². The van der Waals surface area contributed by atoms with Gasteiger partial charge in [-0.3, -0.25) is 0 Å². The number of nitrogens with zero attached hydrogens (tertiary/aromatic N) is 4. The molecule has 0 aliphatic carbocycles. The number of hydrogen-bond acceptors (Lipinski definition) is 5. The highest BCUT2D eigenvalue weighted by molar-refractivity contribution is 6.06. The van der Waals surface area contributed by atoms with Gasteiger partial charge in [0.25, 0.3) is 0 Å². The van der Waals surface area contributed by atoms with E-state index in [-0.39, 0.29) is 0 Å². The zero-order valence-electron chi connectivity index (χ0n) is 18.5. The Kier molecular flexibility index (Phi) is 6.18. The fraction of sp³-hybridized carbons (Fsp3) is 0.280. The Bertz CT molecular complexity index is 1230. The number of fused-ring (bicyclic) bond motifs is 2. The zero-order valence-corrected chi connectivity index (χ0v) is 18.5. The van der Waals surface area contributed by atoms with Gasteiger partial charge in [0.15, 0.2) is 0 Å². The molecule has 6 heteroatoms. The van der Waals surface area contributed by atoms with E-state index in [1.807, 2.05) is 54.7 Å². The molecule has 0 bridgehead atoms. The van der Waals surface area contributed by atoms with Gasteiger partial charge >= 0.3 is 0 Å². The minimum absolute atomic E-state index is 0.707. The van der Waals surface area contributed by atoms with Gasteiger partial charge in [-0.25, -0.2) is 9.98 Å². The molecule has 0 atom stereocenters. The minimum Gasteiger partial charge on any atom is -0.496 e. The van der Waals surface area contributed by atoms with E-state index in [2.05, 4.69) is 29.6 Å². The maximum Gasteiger partial charge on any atom is 0.230 e. The fourth-order valence-corrected chi connectivity index (χ4v) is 3.88. The van der Waals surface area contributed by atoms with E-state index in [4.69, 9.17) is 19.5 Å². The topological polar surface area (TPSA) is 51.9 Å². The van der Waals surface area contributed by atoms with Crippen LogP contribution in [0.4, 0.5) is 5.95 Å². The first kappa shape index (κ1) is 20.9. The van der Waals surface area contributed by atoms with Crippen LogP contribution < -0.4 is 9.47 Å². The minimum atomic E-state index is 0.707. The van der Waals surface area contributed by atoms with Crippen LogP contribution in [0.2, 0.25) is 0 Å². The summed E-state index contributed by atoms with van der Waals surface area (Å²) in [5, 5.41) is 1.97. The second kappa shape index (κ2) is 9.18. The molecule has 0 aliphatic rings. The number of ether oxygens (including phenoxy) is 2. The van der Waals surface area contributed by atoms with Crippen molar-refractivity contribution in [1.82, 2.24) is 14.5 Å². The van der Waals surface area contributed by atoms with Gasteiger partial charge in [-0.05, 0) is 57.4 Å². The number of rotatable bonds is 8. The first-order chi connectivity index (χ1) is 15.1. The normalized spacial score (nSPS) is 11.8. The van der Waals surface area contributed by atoms with Crippen LogP contribution in [0.25, 0.3) is 21.8 Å². The van der Waals surface area contributed by atoms with Crippen molar-refractivity contribution < 1.29 is 9.47 Å². The molecule has 6 nitrogen and oxygen atoms in total. The molecule has 0 saturated heterocycles. The molecular weight excluding hydrogens is 388 g/mol. The molecule has 0 aliphatic heterocycles. The van der Waals surface area contributed by atoms with Crippen molar-refractivity contribution in [1.29, 1.82) is 0 Å². The lowest BCUT2D eigenvalue weighted by atomic mass is 10.0. The summed E-state index contributed by atoms with van der Waals surface area (Å²) < 4.78 is 13.4. The number of aryl methyl sites for hydroxylation is 1. The number of aliphatic imine (C=N–C) groups is 1. The van der Waals surface area contributed by atoms with Crippen molar-refractivity contribution in [2.75, 3.05) is 34.9 Å². The third-order valence-electron chi connectivity index (χ3n) is 5.38. The number of aromatic nitrogens is 2. The molecule has 0 unspecified atom stereocenters. The van der Waals surface area contributed by atoms with Crippen molar-refractivity contribution in [3.05, 3.63) is 60.2 Å². The summed E-state index contributed by atoms with van der Waals surface area (Å²) in [7, 11) is 7.54. The Labute approximate surface area is 182 Å². The number of hydrogen-bond donors (Lipinski definition) is 0. The predicted octanol–water partition coefficient (Wildman–Crippen LogP) is 4.91. The zero-order chi connectivity index (χ0) is 21.8. The highest BCUT2D eigenvalue weighted by Crippen LogP contribution is 2.34. The monoisotopic (exact) mass is 416 g/mol. The Morgan fingerprint density at radius 3 is 2.55 bits per heavy atom. The van der Waals surface area contributed by atoms with Crippen LogP contribution >= 0.6 is 0 Å². The number of benzene rings is 3. The highest BCUT2D eigenvalue weighted by atomic mass is 16.5. The molecule has 31 heavy (non-hydrogen) atoms. The lowest BCUT2D eigenvalue weighted by Crippen LogP contribution is -2.15. The highest BCUT2D eigenvalue weighted by Gasteiger charge is 2.12. The van der Waals surface area contributed by atoms with E-state index < -0.39 is 0 Å². The third-order valence-corrected chi connectivity index (χ3v) is 5.38. The van der Waals surface area contributed by atoms with Crippen LogP contribution in [-0.2, 0) is 6.54 Å². The molecular formula is C25H28N4O2. The maximum atomic E-state index is 5.62. The van der Waals surface area contributed by atoms with Crippen molar-refractivity contribution in [3.63, 3.8) is 0 Å². The summed E-state index contributed by atoms with van der Waals surface area (Å²) in [5.74, 6) is 2.30. The summed E-state index contributed by atoms with van der Waals surface area (Å²) in [6.45, 7) is 1.87. The molecule has 4 rings (SSSR count). The van der Waals surface area contributed by atoms with Crippen molar-refractivity contribution in [3.8, 4) is 11.5 Å². The second-order valence-corrected chi connectivity index (χ2v) is 7.71. The number of methoxy groups -OCH3 is 2. The molecule has 1 heterocycles. The van der Waals surface area contributed by atoms with E-state index in [9.17, 15) is 0 Å².